The number of thioether (sulfide) groups is 2. The van der Waals surface area contributed by atoms with Gasteiger partial charge >= 0.3 is 11.9 Å². The zero-order chi connectivity index (χ0) is 63.2. The van der Waals surface area contributed by atoms with Crippen molar-refractivity contribution >= 4 is 169 Å². The molecule has 12 aromatic rings. The van der Waals surface area contributed by atoms with Crippen LogP contribution in [-0.4, -0.2) is 161 Å². The molecule has 0 fully saturated rings. The average Bonchev–Trinajstić information content (AvgIpc) is 1.75. The van der Waals surface area contributed by atoms with Gasteiger partial charge in [-0.3, -0.25) is 29.2 Å². The first-order valence-corrected chi connectivity index (χ1v) is 33.7. The number of thiazole rings is 4. The predicted octanol–water partition coefficient (Wildman–Crippen LogP) is 11.0. The van der Waals surface area contributed by atoms with Gasteiger partial charge in [0, 0.05) is 108 Å². The van der Waals surface area contributed by atoms with Gasteiger partial charge < -0.3 is 38.9 Å². The Morgan fingerprint density at radius 1 is 0.446 bits per heavy atom. The van der Waals surface area contributed by atoms with Gasteiger partial charge in [-0.2, -0.15) is 0 Å². The molecule has 0 aliphatic carbocycles. The molecule has 0 radical (unpaired) electrons. The van der Waals surface area contributed by atoms with Crippen molar-refractivity contribution < 1.29 is 47.7 Å². The lowest BCUT2D eigenvalue weighted by molar-refractivity contribution is -0.142. The number of ether oxygens (including phenoxy) is 4. The Bertz CT molecular complexity index is 4650. The molecule has 4 aliphatic heterocycles. The molecule has 12 heterocycles. The number of hydrogen-bond donors (Lipinski definition) is 4. The third kappa shape index (κ3) is 12.8. The Morgan fingerprint density at radius 3 is 1.26 bits per heavy atom. The van der Waals surface area contributed by atoms with E-state index in [0.29, 0.717) is 89.2 Å². The standard InChI is InChI=1S/C17H13N3O4S.C17H13N3O3S2.C15H11N3O2S.C15H11N3OS2/c1-23-17(22)12-7-24-15(19-12)13-8-25-16(20-13)14(21)10-6-18-11-5-3-2-4-9(10)11;1-23-17(22)13-8-24-15(20-13)12-7-25-16(19-12)14(21)10-6-18-11-5-3-2-4-9(10)11;2*19-13(10-7-17-11-4-2-1-3-9(10)11)15-18-12(8-21-15)14-16-5-6-20-14/h2-6,8,12,18H,7H2,1H3;2-7,13,18H,8H2,1H3;2*1-4,7-8,17H,5-6H2. The number of fused-ring (bicyclic) bond motifs is 4. The highest BCUT2D eigenvalue weighted by Crippen LogP contribution is 2.31. The van der Waals surface area contributed by atoms with Crippen molar-refractivity contribution in [2.75, 3.05) is 52.0 Å². The number of carbonyl (C=O) groups excluding carboxylic acids is 6. The van der Waals surface area contributed by atoms with Crippen LogP contribution in [-0.2, 0) is 28.5 Å². The van der Waals surface area contributed by atoms with E-state index >= 15 is 0 Å². The number of carbonyl (C=O) groups is 6. The van der Waals surface area contributed by atoms with Gasteiger partial charge in [0.1, 0.15) is 46.1 Å². The summed E-state index contributed by atoms with van der Waals surface area (Å²) in [7, 11) is 2.65. The lowest BCUT2D eigenvalue weighted by atomic mass is 10.1. The van der Waals surface area contributed by atoms with Gasteiger partial charge in [-0.15, -0.1) is 68.9 Å². The van der Waals surface area contributed by atoms with Crippen LogP contribution >= 0.6 is 68.9 Å². The van der Waals surface area contributed by atoms with Gasteiger partial charge in [0.25, 0.3) is 0 Å². The smallest absolute Gasteiger partial charge is 0.334 e. The van der Waals surface area contributed by atoms with E-state index in [-0.39, 0.29) is 41.6 Å². The highest BCUT2D eigenvalue weighted by atomic mass is 32.2. The largest absolute Gasteiger partial charge is 0.474 e. The van der Waals surface area contributed by atoms with Crippen molar-refractivity contribution in [2.45, 2.75) is 12.1 Å². The molecule has 0 saturated carbocycles. The fraction of sp³-hybridized carbons (Fsp3) is 0.156. The summed E-state index contributed by atoms with van der Waals surface area (Å²) in [6.07, 6.45) is 6.89. The zero-order valence-corrected chi connectivity index (χ0v) is 53.3. The van der Waals surface area contributed by atoms with Crippen LogP contribution in [0.15, 0.2) is 163 Å². The van der Waals surface area contributed by atoms with Crippen molar-refractivity contribution in [3.05, 3.63) is 208 Å². The van der Waals surface area contributed by atoms with Crippen molar-refractivity contribution in [3.63, 3.8) is 0 Å². The quantitative estimate of drug-likeness (QED) is 0.0581. The van der Waals surface area contributed by atoms with Crippen LogP contribution in [0, 0.1) is 0 Å². The molecule has 16 rings (SSSR count). The Kier molecular flexibility index (Phi) is 18.1. The maximum Gasteiger partial charge on any atom is 0.334 e. The lowest BCUT2D eigenvalue weighted by Crippen LogP contribution is -2.21. The molecule has 28 heteroatoms. The summed E-state index contributed by atoms with van der Waals surface area (Å²) in [6.45, 7) is 2.19. The Balaban J connectivity index is 0.000000112. The molecule has 0 bridgehead atoms. The zero-order valence-electron chi connectivity index (χ0n) is 48.4. The minimum atomic E-state index is -0.686. The summed E-state index contributed by atoms with van der Waals surface area (Å²) in [5.74, 6) is 1.10. The Labute approximate surface area is 545 Å². The van der Waals surface area contributed by atoms with Crippen molar-refractivity contribution in [2.24, 2.45) is 20.0 Å². The molecule has 460 valence electrons. The van der Waals surface area contributed by atoms with Gasteiger partial charge in [0.2, 0.25) is 34.9 Å². The van der Waals surface area contributed by atoms with E-state index < -0.39 is 18.1 Å². The van der Waals surface area contributed by atoms with E-state index in [1.807, 2.05) is 108 Å². The number of methoxy groups -OCH3 is 2. The predicted molar refractivity (Wildman–Crippen MR) is 360 cm³/mol. The van der Waals surface area contributed by atoms with Gasteiger partial charge in [0.05, 0.1) is 43.0 Å². The number of nitrogens with zero attached hydrogens (tertiary/aromatic N) is 8. The second-order valence-corrected chi connectivity index (χ2v) is 25.6. The summed E-state index contributed by atoms with van der Waals surface area (Å²) in [5, 5.41) is 14.1. The summed E-state index contributed by atoms with van der Waals surface area (Å²) in [6, 6.07) is 29.6. The average molecular weight is 1340 g/mol. The fourth-order valence-corrected chi connectivity index (χ4v) is 14.9. The van der Waals surface area contributed by atoms with E-state index in [4.69, 9.17) is 14.2 Å². The molecule has 0 saturated heterocycles. The minimum absolute atomic E-state index is 0.0349. The molecule has 8 aromatic heterocycles. The third-order valence-electron chi connectivity index (χ3n) is 14.4. The van der Waals surface area contributed by atoms with Crippen LogP contribution in [0.2, 0.25) is 0 Å². The molecule has 4 aliphatic rings. The Hall–Kier alpha value is -9.84. The number of benzene rings is 4. The molecular weight excluding hydrogens is 1290 g/mol. The number of hydrogen-bond acceptors (Lipinski definition) is 24. The van der Waals surface area contributed by atoms with Gasteiger partial charge in [-0.1, -0.05) is 72.8 Å². The summed E-state index contributed by atoms with van der Waals surface area (Å²) >= 11 is 8.34. The first kappa shape index (κ1) is 61.0. The van der Waals surface area contributed by atoms with E-state index in [0.717, 1.165) is 66.6 Å². The number of H-pyrrole nitrogens is 4. The SMILES string of the molecule is COC(=O)C1COC(c2csc(C(=O)c3c[nH]c4ccccc34)n2)=N1.COC(=O)C1CSC(c2csc(C(=O)c3c[nH]c4ccccc34)n2)=N1.O=C(c1nc(C2=NCCO2)cs1)c1c[nH]c2ccccc12.O=C(c1nc(C2=NCCS2)cs1)c1c[nH]c2ccccc12. The highest BCUT2D eigenvalue weighted by molar-refractivity contribution is 8.15. The van der Waals surface area contributed by atoms with Gasteiger partial charge in [-0.05, 0) is 24.3 Å². The number of ketones is 4. The molecule has 0 amide bonds. The molecule has 0 spiro atoms. The number of aromatic amines is 4. The lowest BCUT2D eigenvalue weighted by Gasteiger charge is -2.00. The van der Waals surface area contributed by atoms with Crippen LogP contribution in [0.5, 0.6) is 0 Å². The Morgan fingerprint density at radius 2 is 0.848 bits per heavy atom. The van der Waals surface area contributed by atoms with E-state index in [9.17, 15) is 28.8 Å². The van der Waals surface area contributed by atoms with Crippen molar-refractivity contribution in [1.82, 2.24) is 39.9 Å². The molecule has 4 aromatic carbocycles. The molecule has 2 atom stereocenters. The number of aliphatic imine (C=N–C) groups is 4. The summed E-state index contributed by atoms with van der Waals surface area (Å²) in [5.41, 5.74) is 8.74. The normalized spacial score (nSPS) is 15.6. The van der Waals surface area contributed by atoms with Gasteiger partial charge in [0.15, 0.2) is 32.1 Å². The maximum absolute atomic E-state index is 12.8. The van der Waals surface area contributed by atoms with Crippen LogP contribution in [0.4, 0.5) is 0 Å². The first-order valence-electron chi connectivity index (χ1n) is 28.2. The van der Waals surface area contributed by atoms with Crippen LogP contribution in [0.25, 0.3) is 43.6 Å². The number of esters is 2. The topological polar surface area (TPSA) is 304 Å². The van der Waals surface area contributed by atoms with Crippen LogP contribution < -0.4 is 0 Å². The molecule has 2 unspecified atom stereocenters. The van der Waals surface area contributed by atoms with E-state index in [1.54, 1.807) is 47.3 Å². The number of rotatable bonds is 14. The van der Waals surface area contributed by atoms with Crippen molar-refractivity contribution in [3.8, 4) is 0 Å². The molecule has 4 N–H and O–H groups in total. The molecule has 22 nitrogen and oxygen atoms in total. The second-order valence-electron chi connectivity index (χ2n) is 20.1. The molecular formula is C64H48N12O10S6. The van der Waals surface area contributed by atoms with E-state index in [1.165, 1.54) is 71.3 Å². The molecule has 92 heavy (non-hydrogen) atoms. The van der Waals surface area contributed by atoms with Gasteiger partial charge in [-0.25, -0.2) is 39.5 Å². The number of aromatic nitrogens is 8. The monoisotopic (exact) mass is 1340 g/mol. The maximum atomic E-state index is 12.8. The number of para-hydroxylation sites is 4. The van der Waals surface area contributed by atoms with Crippen LogP contribution in [0.3, 0.4) is 0 Å². The summed E-state index contributed by atoms with van der Waals surface area (Å²) in [4.78, 5) is 121. The fourth-order valence-electron chi connectivity index (χ4n) is 9.93. The first-order chi connectivity index (χ1) is 45.0. The highest BCUT2D eigenvalue weighted by Gasteiger charge is 2.31. The third-order valence-corrected chi connectivity index (χ3v) is 19.9. The van der Waals surface area contributed by atoms with Crippen LogP contribution in [0.1, 0.15) is 84.2 Å². The second kappa shape index (κ2) is 27.3. The minimum Gasteiger partial charge on any atom is -0.474 e. The van der Waals surface area contributed by atoms with E-state index in [2.05, 4.69) is 64.6 Å². The summed E-state index contributed by atoms with van der Waals surface area (Å²) < 4.78 is 20.1. The van der Waals surface area contributed by atoms with Crippen molar-refractivity contribution in [1.29, 1.82) is 0 Å². The number of nitrogens with one attached hydrogen (secondary N) is 4.